The third-order valence-electron chi connectivity index (χ3n) is 11.9. The van der Waals surface area contributed by atoms with Crippen molar-refractivity contribution in [2.24, 2.45) is 0 Å². The van der Waals surface area contributed by atoms with Gasteiger partial charge in [0.25, 0.3) is 0 Å². The molecule has 1 heterocycles. The second kappa shape index (κ2) is 10.6. The highest BCUT2D eigenvalue weighted by atomic mass is 32.1. The summed E-state index contributed by atoms with van der Waals surface area (Å²) in [6.45, 7) is 8.95. The molecule has 2 aliphatic rings. The minimum atomic E-state index is -0.406. The number of aryl methyl sites for hydroxylation is 4. The molecule has 0 nitrogen and oxygen atoms in total. The molecule has 8 aromatic carbocycles. The van der Waals surface area contributed by atoms with Crippen molar-refractivity contribution in [3.05, 3.63) is 190 Å². The highest BCUT2D eigenvalue weighted by Gasteiger charge is 2.54. The Kier molecular flexibility index (Phi) is 6.12. The van der Waals surface area contributed by atoms with Crippen molar-refractivity contribution in [3.8, 4) is 43.8 Å². The van der Waals surface area contributed by atoms with E-state index in [2.05, 4.69) is 173 Å². The van der Waals surface area contributed by atoms with Crippen molar-refractivity contribution in [2.75, 3.05) is 0 Å². The van der Waals surface area contributed by atoms with Gasteiger partial charge in [0, 0.05) is 9.58 Å². The van der Waals surface area contributed by atoms with Crippen LogP contribution in [0.15, 0.2) is 146 Å². The summed E-state index contributed by atoms with van der Waals surface area (Å²) in [7, 11) is 0. The van der Waals surface area contributed by atoms with Gasteiger partial charge < -0.3 is 0 Å². The van der Waals surface area contributed by atoms with Crippen LogP contribution in [0, 0.1) is 27.7 Å². The summed E-state index contributed by atoms with van der Waals surface area (Å²) in [6, 6.07) is 55.6. The van der Waals surface area contributed by atoms with Crippen molar-refractivity contribution in [2.45, 2.75) is 33.1 Å². The first-order chi connectivity index (χ1) is 25.4. The normalized spacial score (nSPS) is 15.4. The van der Waals surface area contributed by atoms with Gasteiger partial charge in [-0.25, -0.2) is 0 Å². The van der Waals surface area contributed by atoms with E-state index in [-0.39, 0.29) is 0 Å². The van der Waals surface area contributed by atoms with E-state index in [0.29, 0.717) is 0 Å². The maximum Gasteiger partial charge on any atom is 0.0740 e. The summed E-state index contributed by atoms with van der Waals surface area (Å²) < 4.78 is 1.41. The van der Waals surface area contributed by atoms with Crippen molar-refractivity contribution in [3.63, 3.8) is 0 Å². The lowest BCUT2D eigenvalue weighted by Crippen LogP contribution is -2.25. The summed E-state index contributed by atoms with van der Waals surface area (Å²) in [5, 5.41) is 6.57. The average molecular weight is 681 g/mol. The van der Waals surface area contributed by atoms with Gasteiger partial charge in [0.15, 0.2) is 0 Å². The maximum absolute atomic E-state index is 2.45. The lowest BCUT2D eigenvalue weighted by molar-refractivity contribution is 0.802. The topological polar surface area (TPSA) is 0 Å². The van der Waals surface area contributed by atoms with Gasteiger partial charge in [-0.05, 0) is 121 Å². The molecule has 0 saturated heterocycles. The molecule has 1 heteroatoms. The van der Waals surface area contributed by atoms with E-state index in [1.54, 1.807) is 0 Å². The first-order valence-electron chi connectivity index (χ1n) is 18.3. The molecule has 2 aliphatic carbocycles. The summed E-state index contributed by atoms with van der Waals surface area (Å²) in [6.07, 6.45) is 0. The molecule has 1 atom stereocenters. The molecule has 1 spiro atoms. The Balaban J connectivity index is 1.31. The monoisotopic (exact) mass is 680 g/mol. The fourth-order valence-electron chi connectivity index (χ4n) is 10.2. The van der Waals surface area contributed by atoms with Gasteiger partial charge in [0.05, 0.1) is 5.41 Å². The Morgan fingerprint density at radius 3 is 1.60 bits per heavy atom. The van der Waals surface area contributed by atoms with Gasteiger partial charge in [-0.2, -0.15) is 0 Å². The molecule has 0 amide bonds. The second-order valence-electron chi connectivity index (χ2n) is 15.1. The Hall–Kier alpha value is -5.76. The Labute approximate surface area is 308 Å². The van der Waals surface area contributed by atoms with Gasteiger partial charge in [0.2, 0.25) is 0 Å². The van der Waals surface area contributed by atoms with Crippen molar-refractivity contribution < 1.29 is 0 Å². The number of fused-ring (bicyclic) bond motifs is 14. The molecular weight excluding hydrogens is 645 g/mol. The lowest BCUT2D eigenvalue weighted by Gasteiger charge is -2.30. The minimum absolute atomic E-state index is 0.406. The number of hydrogen-bond donors (Lipinski definition) is 0. The molecule has 0 saturated carbocycles. The molecule has 1 aromatic heterocycles. The van der Waals surface area contributed by atoms with Crippen LogP contribution >= 0.6 is 11.3 Å². The van der Waals surface area contributed by atoms with Crippen molar-refractivity contribution in [1.82, 2.24) is 0 Å². The average Bonchev–Trinajstić information content (AvgIpc) is 3.77. The van der Waals surface area contributed by atoms with E-state index in [1.807, 2.05) is 11.3 Å². The maximum atomic E-state index is 2.45. The largest absolute Gasteiger partial charge is 0.135 e. The summed E-state index contributed by atoms with van der Waals surface area (Å²) in [5.74, 6) is 0. The molecule has 9 aromatic rings. The van der Waals surface area contributed by atoms with Crippen LogP contribution in [0.5, 0.6) is 0 Å². The molecule has 0 fully saturated rings. The lowest BCUT2D eigenvalue weighted by atomic mass is 9.69. The zero-order valence-corrected chi connectivity index (χ0v) is 30.6. The van der Waals surface area contributed by atoms with E-state index in [9.17, 15) is 0 Å². The summed E-state index contributed by atoms with van der Waals surface area (Å²) in [4.78, 5) is 1.42. The third-order valence-corrected chi connectivity index (χ3v) is 13.2. The predicted molar refractivity (Wildman–Crippen MR) is 223 cm³/mol. The molecular formula is C51H36S. The summed E-state index contributed by atoms with van der Waals surface area (Å²) >= 11 is 1.98. The van der Waals surface area contributed by atoms with Gasteiger partial charge in [0.1, 0.15) is 0 Å². The molecule has 0 N–H and O–H groups in total. The molecule has 0 aliphatic heterocycles. The van der Waals surface area contributed by atoms with E-state index >= 15 is 0 Å². The van der Waals surface area contributed by atoms with Crippen LogP contribution in [0.25, 0.3) is 75.5 Å². The fourth-order valence-corrected chi connectivity index (χ4v) is 11.5. The van der Waals surface area contributed by atoms with Gasteiger partial charge in [-0.15, -0.1) is 11.3 Å². The predicted octanol–water partition coefficient (Wildman–Crippen LogP) is 14.1. The minimum Gasteiger partial charge on any atom is -0.135 e. The Morgan fingerprint density at radius 2 is 0.923 bits per heavy atom. The number of rotatable bonds is 2. The van der Waals surface area contributed by atoms with Gasteiger partial charge >= 0.3 is 0 Å². The number of thiophene rings is 1. The summed E-state index contributed by atoms with van der Waals surface area (Å²) in [5.41, 5.74) is 19.8. The van der Waals surface area contributed by atoms with Crippen LogP contribution in [0.3, 0.4) is 0 Å². The number of benzene rings is 8. The number of hydrogen-bond acceptors (Lipinski definition) is 1. The van der Waals surface area contributed by atoms with Crippen LogP contribution in [-0.2, 0) is 5.41 Å². The smallest absolute Gasteiger partial charge is 0.0740 e. The Bertz CT molecular complexity index is 2930. The van der Waals surface area contributed by atoms with E-state index in [4.69, 9.17) is 0 Å². The SMILES string of the molecule is Cc1cc(C)cc(-c2c3ccccc3c(-c3cccc4c3-c3ccccc3C43c4ccccc4-c4sc5c(C)cc(C)cc5c43)c3ccccc23)c1. The quantitative estimate of drug-likeness (QED) is 0.159. The highest BCUT2D eigenvalue weighted by Crippen LogP contribution is 2.67. The standard InChI is InChI=1S/C51H36S/c1-29-24-30(2)27-33(26-29)45-34-14-5-7-16-36(34)46(37-17-8-6-15-35(37)45)40-20-13-23-44-47(40)38-18-9-11-21-42(38)51(44)43-22-12-10-19-39(43)50-48(51)41-28-31(3)25-32(4)49(41)52-50/h5-28H,1-4H3. The third kappa shape index (κ3) is 3.76. The van der Waals surface area contributed by atoms with Crippen LogP contribution in [0.1, 0.15) is 44.5 Å². The molecule has 0 radical (unpaired) electrons. The van der Waals surface area contributed by atoms with Crippen LogP contribution in [-0.4, -0.2) is 0 Å². The van der Waals surface area contributed by atoms with E-state index in [1.165, 1.54) is 120 Å². The second-order valence-corrected chi connectivity index (χ2v) is 16.1. The van der Waals surface area contributed by atoms with Crippen molar-refractivity contribution in [1.29, 1.82) is 0 Å². The van der Waals surface area contributed by atoms with Gasteiger partial charge in [-0.1, -0.05) is 162 Å². The molecule has 52 heavy (non-hydrogen) atoms. The Morgan fingerprint density at radius 1 is 0.404 bits per heavy atom. The van der Waals surface area contributed by atoms with Crippen LogP contribution < -0.4 is 0 Å². The van der Waals surface area contributed by atoms with Crippen molar-refractivity contribution >= 4 is 43.0 Å². The molecule has 11 rings (SSSR count). The van der Waals surface area contributed by atoms with E-state index < -0.39 is 5.41 Å². The van der Waals surface area contributed by atoms with E-state index in [0.717, 1.165) is 0 Å². The highest BCUT2D eigenvalue weighted by molar-refractivity contribution is 7.22. The van der Waals surface area contributed by atoms with Crippen LogP contribution in [0.2, 0.25) is 0 Å². The molecule has 246 valence electrons. The molecule has 0 bridgehead atoms. The first kappa shape index (κ1) is 29.9. The van der Waals surface area contributed by atoms with Gasteiger partial charge in [-0.3, -0.25) is 0 Å². The molecule has 1 unspecified atom stereocenters. The zero-order chi connectivity index (χ0) is 34.9. The first-order valence-corrected chi connectivity index (χ1v) is 19.2. The fraction of sp³-hybridized carbons (Fsp3) is 0.0980. The van der Waals surface area contributed by atoms with Crippen LogP contribution in [0.4, 0.5) is 0 Å². The zero-order valence-electron chi connectivity index (χ0n) is 29.8.